The minimum Gasteiger partial charge on any atom is -0.508 e. The van der Waals surface area contributed by atoms with Crippen LogP contribution in [0.5, 0.6) is 5.75 Å². The van der Waals surface area contributed by atoms with Gasteiger partial charge in [-0.2, -0.15) is 0 Å². The van der Waals surface area contributed by atoms with Crippen LogP contribution in [0.1, 0.15) is 19.4 Å². The predicted molar refractivity (Wildman–Crippen MR) is 61.6 cm³/mol. The normalized spacial score (nSPS) is 11.2. The number of allylic oxidation sites excluding steroid dienone is 3. The molecule has 0 amide bonds. The van der Waals surface area contributed by atoms with E-state index in [9.17, 15) is 4.79 Å². The van der Waals surface area contributed by atoms with Crippen LogP contribution >= 0.6 is 0 Å². The van der Waals surface area contributed by atoms with E-state index in [0.717, 1.165) is 11.1 Å². The minimum absolute atomic E-state index is 0.0370. The van der Waals surface area contributed by atoms with Gasteiger partial charge in [0.2, 0.25) is 0 Å². The van der Waals surface area contributed by atoms with Crippen LogP contribution in [0.15, 0.2) is 42.5 Å². The molecule has 0 atom stereocenters. The lowest BCUT2D eigenvalue weighted by molar-refractivity contribution is -0.113. The van der Waals surface area contributed by atoms with E-state index in [2.05, 4.69) is 6.58 Å². The standard InChI is InChI=1S/C13H14O2/c1-9(11(3)14)8-10(2)12-4-6-13(15)7-5-12/h4-8,15H,2H2,1,3H3/b9-8+. The zero-order valence-corrected chi connectivity index (χ0v) is 8.95. The van der Waals surface area contributed by atoms with Crippen molar-refractivity contribution in [2.75, 3.05) is 0 Å². The molecule has 0 radical (unpaired) electrons. The third kappa shape index (κ3) is 3.09. The van der Waals surface area contributed by atoms with E-state index in [0.29, 0.717) is 5.57 Å². The van der Waals surface area contributed by atoms with Gasteiger partial charge >= 0.3 is 0 Å². The number of Topliss-reactive ketones (excluding diaryl/α,β-unsaturated/α-hetero) is 1. The van der Waals surface area contributed by atoms with Gasteiger partial charge in [-0.1, -0.05) is 18.7 Å². The first kappa shape index (κ1) is 11.2. The number of carbonyl (C=O) groups excluding carboxylic acids is 1. The molecule has 15 heavy (non-hydrogen) atoms. The first-order valence-electron chi connectivity index (χ1n) is 4.68. The number of carbonyl (C=O) groups is 1. The maximum atomic E-state index is 11.0. The molecule has 0 saturated carbocycles. The molecule has 0 aliphatic heterocycles. The zero-order valence-electron chi connectivity index (χ0n) is 8.95. The van der Waals surface area contributed by atoms with Crippen LogP contribution in [-0.4, -0.2) is 10.9 Å². The van der Waals surface area contributed by atoms with Gasteiger partial charge < -0.3 is 5.11 Å². The Balaban J connectivity index is 2.91. The van der Waals surface area contributed by atoms with Crippen LogP contribution in [0.25, 0.3) is 5.57 Å². The summed E-state index contributed by atoms with van der Waals surface area (Å²) in [4.78, 5) is 11.0. The molecule has 0 heterocycles. The van der Waals surface area contributed by atoms with E-state index in [4.69, 9.17) is 5.11 Å². The van der Waals surface area contributed by atoms with Crippen LogP contribution in [0, 0.1) is 0 Å². The predicted octanol–water partition coefficient (Wildman–Crippen LogP) is 2.94. The molecule has 2 nitrogen and oxygen atoms in total. The molecular weight excluding hydrogens is 188 g/mol. The molecule has 1 N–H and O–H groups in total. The second-order valence-corrected chi connectivity index (χ2v) is 3.46. The summed E-state index contributed by atoms with van der Waals surface area (Å²) in [5.74, 6) is 0.258. The fourth-order valence-corrected chi connectivity index (χ4v) is 1.12. The van der Waals surface area contributed by atoms with Gasteiger partial charge in [0.25, 0.3) is 0 Å². The van der Waals surface area contributed by atoms with E-state index in [-0.39, 0.29) is 11.5 Å². The molecule has 1 aromatic rings. The summed E-state index contributed by atoms with van der Waals surface area (Å²) in [7, 11) is 0. The highest BCUT2D eigenvalue weighted by atomic mass is 16.3. The molecule has 0 aliphatic carbocycles. The SMILES string of the molecule is C=C(/C=C(\C)C(C)=O)c1ccc(O)cc1. The van der Waals surface area contributed by atoms with E-state index in [1.54, 1.807) is 37.3 Å². The zero-order chi connectivity index (χ0) is 11.4. The van der Waals surface area contributed by atoms with Gasteiger partial charge in [0.05, 0.1) is 0 Å². The smallest absolute Gasteiger partial charge is 0.155 e. The Bertz CT molecular complexity index is 411. The molecule has 0 fully saturated rings. The highest BCUT2D eigenvalue weighted by Gasteiger charge is 1.99. The fourth-order valence-electron chi connectivity index (χ4n) is 1.12. The summed E-state index contributed by atoms with van der Waals surface area (Å²) in [6.45, 7) is 7.15. The molecular formula is C13H14O2. The Morgan fingerprint density at radius 2 is 1.80 bits per heavy atom. The fraction of sp³-hybridized carbons (Fsp3) is 0.154. The summed E-state index contributed by atoms with van der Waals surface area (Å²) in [5.41, 5.74) is 2.34. The minimum atomic E-state index is 0.0370. The maximum absolute atomic E-state index is 11.0. The molecule has 0 aromatic heterocycles. The molecule has 78 valence electrons. The second-order valence-electron chi connectivity index (χ2n) is 3.46. The number of aromatic hydroxyl groups is 1. The molecule has 0 unspecified atom stereocenters. The van der Waals surface area contributed by atoms with Crippen molar-refractivity contribution in [3.05, 3.63) is 48.1 Å². The Kier molecular flexibility index (Phi) is 3.45. The first-order valence-corrected chi connectivity index (χ1v) is 4.68. The van der Waals surface area contributed by atoms with Crippen molar-refractivity contribution in [1.29, 1.82) is 0 Å². The second kappa shape index (κ2) is 4.60. The molecule has 0 bridgehead atoms. The molecule has 0 saturated heterocycles. The number of phenolic OH excluding ortho intramolecular Hbond substituents is 1. The highest BCUT2D eigenvalue weighted by molar-refractivity contribution is 5.95. The molecule has 0 aliphatic rings. The van der Waals surface area contributed by atoms with Crippen LogP contribution < -0.4 is 0 Å². The van der Waals surface area contributed by atoms with Gasteiger partial charge in [-0.25, -0.2) is 0 Å². The molecule has 2 heteroatoms. The van der Waals surface area contributed by atoms with Crippen molar-refractivity contribution >= 4 is 11.4 Å². The van der Waals surface area contributed by atoms with Crippen LogP contribution in [-0.2, 0) is 4.79 Å². The van der Waals surface area contributed by atoms with Crippen LogP contribution in [0.3, 0.4) is 0 Å². The third-order valence-electron chi connectivity index (χ3n) is 2.18. The van der Waals surface area contributed by atoms with Gasteiger partial charge in [-0.3, -0.25) is 4.79 Å². The topological polar surface area (TPSA) is 37.3 Å². The number of hydrogen-bond acceptors (Lipinski definition) is 2. The number of benzene rings is 1. The summed E-state index contributed by atoms with van der Waals surface area (Å²) in [6.07, 6.45) is 1.74. The summed E-state index contributed by atoms with van der Waals surface area (Å²) >= 11 is 0. The van der Waals surface area contributed by atoms with Crippen molar-refractivity contribution in [1.82, 2.24) is 0 Å². The van der Waals surface area contributed by atoms with E-state index in [1.807, 2.05) is 0 Å². The first-order chi connectivity index (χ1) is 7.00. The number of hydrogen-bond donors (Lipinski definition) is 1. The van der Waals surface area contributed by atoms with Gasteiger partial charge in [0.15, 0.2) is 5.78 Å². The summed E-state index contributed by atoms with van der Waals surface area (Å²) in [6, 6.07) is 6.72. The number of phenols is 1. The van der Waals surface area contributed by atoms with Gasteiger partial charge in [0, 0.05) is 0 Å². The lowest BCUT2D eigenvalue weighted by Gasteiger charge is -2.02. The van der Waals surface area contributed by atoms with E-state index >= 15 is 0 Å². The maximum Gasteiger partial charge on any atom is 0.155 e. The molecule has 1 aromatic carbocycles. The van der Waals surface area contributed by atoms with E-state index < -0.39 is 0 Å². The summed E-state index contributed by atoms with van der Waals surface area (Å²) < 4.78 is 0. The average Bonchev–Trinajstić information content (AvgIpc) is 2.18. The lowest BCUT2D eigenvalue weighted by atomic mass is 10.0. The Morgan fingerprint density at radius 1 is 1.27 bits per heavy atom. The van der Waals surface area contributed by atoms with Crippen molar-refractivity contribution < 1.29 is 9.90 Å². The Morgan fingerprint density at radius 3 is 2.27 bits per heavy atom. The van der Waals surface area contributed by atoms with Crippen molar-refractivity contribution in [2.45, 2.75) is 13.8 Å². The summed E-state index contributed by atoms with van der Waals surface area (Å²) in [5, 5.41) is 9.11. The quantitative estimate of drug-likeness (QED) is 0.604. The van der Waals surface area contributed by atoms with Gasteiger partial charge in [-0.05, 0) is 48.8 Å². The van der Waals surface area contributed by atoms with Gasteiger partial charge in [-0.15, -0.1) is 0 Å². The largest absolute Gasteiger partial charge is 0.508 e. The lowest BCUT2D eigenvalue weighted by Crippen LogP contribution is -1.91. The monoisotopic (exact) mass is 202 g/mol. The number of rotatable bonds is 3. The average molecular weight is 202 g/mol. The van der Waals surface area contributed by atoms with Crippen LogP contribution in [0.4, 0.5) is 0 Å². The van der Waals surface area contributed by atoms with Crippen molar-refractivity contribution in [3.8, 4) is 5.75 Å². The van der Waals surface area contributed by atoms with Gasteiger partial charge in [0.1, 0.15) is 5.75 Å². The van der Waals surface area contributed by atoms with Crippen molar-refractivity contribution in [3.63, 3.8) is 0 Å². The van der Waals surface area contributed by atoms with E-state index in [1.165, 1.54) is 6.92 Å². The number of ketones is 1. The Hall–Kier alpha value is -1.83. The third-order valence-corrected chi connectivity index (χ3v) is 2.18. The van der Waals surface area contributed by atoms with Crippen LogP contribution in [0.2, 0.25) is 0 Å². The highest BCUT2D eigenvalue weighted by Crippen LogP contribution is 2.18. The molecule has 1 rings (SSSR count). The molecule has 0 spiro atoms. The Labute approximate surface area is 89.6 Å². The van der Waals surface area contributed by atoms with Crippen molar-refractivity contribution in [2.24, 2.45) is 0 Å².